The Morgan fingerprint density at radius 3 is 1.34 bits per heavy atom. The van der Waals surface area contributed by atoms with Crippen molar-refractivity contribution in [1.82, 2.24) is 0 Å². The van der Waals surface area contributed by atoms with Gasteiger partial charge in [-0.3, -0.25) is 0 Å². The van der Waals surface area contributed by atoms with Crippen LogP contribution in [0.1, 0.15) is 0 Å². The van der Waals surface area contributed by atoms with Crippen LogP contribution in [0.25, 0.3) is 0 Å². The maximum Gasteiger partial charge on any atom is 0.206 e. The van der Waals surface area contributed by atoms with Crippen LogP contribution < -0.4 is 9.47 Å². The van der Waals surface area contributed by atoms with Crippen molar-refractivity contribution in [2.75, 3.05) is 26.4 Å². The number of benzene rings is 2. The molecule has 0 N–H and O–H groups in total. The van der Waals surface area contributed by atoms with Gasteiger partial charge in [0.1, 0.15) is 25.4 Å². The summed E-state index contributed by atoms with van der Waals surface area (Å²) in [7, 11) is -4.00. The van der Waals surface area contributed by atoms with E-state index in [9.17, 15) is 8.42 Å². The Balaban J connectivity index is 1.61. The molecule has 0 saturated carbocycles. The second-order valence-electron chi connectivity index (χ2n) is 6.47. The van der Waals surface area contributed by atoms with E-state index in [0.717, 1.165) is 0 Å². The van der Waals surface area contributed by atoms with E-state index < -0.39 is 9.84 Å². The fourth-order valence-electron chi connectivity index (χ4n) is 2.48. The normalized spacial score (nSPS) is 20.4. The van der Waals surface area contributed by atoms with Crippen molar-refractivity contribution < 1.29 is 27.4 Å². The molecule has 2 aliphatic heterocycles. The van der Waals surface area contributed by atoms with E-state index in [1.807, 2.05) is 0 Å². The van der Waals surface area contributed by atoms with E-state index in [1.54, 1.807) is 0 Å². The van der Waals surface area contributed by atoms with Crippen LogP contribution in [0.5, 0.6) is 11.5 Å². The Morgan fingerprint density at radius 1 is 0.759 bits per heavy atom. The Labute approximate surface area is 187 Å². The van der Waals surface area contributed by atoms with Gasteiger partial charge in [-0.15, -0.1) is 0 Å². The lowest BCUT2D eigenvalue weighted by Crippen LogP contribution is -2.08. The van der Waals surface area contributed by atoms with Gasteiger partial charge < -0.3 is 18.9 Å². The van der Waals surface area contributed by atoms with E-state index in [2.05, 4.69) is 0 Å². The van der Waals surface area contributed by atoms with Crippen LogP contribution in [0.15, 0.2) is 34.1 Å². The van der Waals surface area contributed by atoms with Gasteiger partial charge in [-0.1, -0.05) is 46.4 Å². The quantitative estimate of drug-likeness (QED) is 0.490. The molecule has 11 heteroatoms. The van der Waals surface area contributed by atoms with Crippen LogP contribution in [0, 0.1) is 0 Å². The average Bonchev–Trinajstić information content (AvgIpc) is 3.54. The summed E-state index contributed by atoms with van der Waals surface area (Å²) in [6.45, 7) is 1.78. The zero-order valence-corrected chi connectivity index (χ0v) is 18.5. The zero-order chi connectivity index (χ0) is 20.8. The predicted octanol–water partition coefficient (Wildman–Crippen LogP) is 4.69. The number of hydrogen-bond acceptors (Lipinski definition) is 6. The Kier molecular flexibility index (Phi) is 6.10. The van der Waals surface area contributed by atoms with Gasteiger partial charge in [0.05, 0.1) is 43.1 Å². The summed E-state index contributed by atoms with van der Waals surface area (Å²) in [6, 6.07) is 5.07. The van der Waals surface area contributed by atoms with E-state index in [1.165, 1.54) is 24.3 Å². The lowest BCUT2D eigenvalue weighted by Gasteiger charge is -2.13. The maximum atomic E-state index is 13.1. The Morgan fingerprint density at radius 2 is 1.07 bits per heavy atom. The first-order valence-electron chi connectivity index (χ1n) is 8.47. The van der Waals surface area contributed by atoms with Crippen LogP contribution >= 0.6 is 46.4 Å². The number of ether oxygens (including phenoxy) is 4. The molecule has 156 valence electrons. The number of sulfone groups is 1. The molecule has 2 unspecified atom stereocenters. The summed E-state index contributed by atoms with van der Waals surface area (Å²) in [5.41, 5.74) is 0. The predicted molar refractivity (Wildman–Crippen MR) is 109 cm³/mol. The smallest absolute Gasteiger partial charge is 0.206 e. The first kappa shape index (κ1) is 21.3. The molecule has 29 heavy (non-hydrogen) atoms. The number of epoxide rings is 2. The van der Waals surface area contributed by atoms with Crippen molar-refractivity contribution in [2.45, 2.75) is 22.0 Å². The summed E-state index contributed by atoms with van der Waals surface area (Å²) in [5.74, 6) is 0.398. The molecule has 4 rings (SSSR count). The molecule has 0 bridgehead atoms. The highest BCUT2D eigenvalue weighted by Gasteiger charge is 2.28. The molecule has 0 radical (unpaired) electrons. The topological polar surface area (TPSA) is 77.7 Å². The number of hydrogen-bond donors (Lipinski definition) is 0. The SMILES string of the molecule is O=S(=O)(c1cc(Cl)c(OCC2CO2)c(Cl)c1)c1cc(Cl)c(OCC2CO2)c(Cl)c1. The molecule has 0 aromatic heterocycles. The van der Waals surface area contributed by atoms with Gasteiger partial charge in [-0.2, -0.15) is 0 Å². The molecule has 2 saturated heterocycles. The van der Waals surface area contributed by atoms with Gasteiger partial charge in [-0.05, 0) is 24.3 Å². The minimum absolute atomic E-state index is 0.00189. The van der Waals surface area contributed by atoms with Crippen molar-refractivity contribution in [3.8, 4) is 11.5 Å². The third-order valence-corrected chi connectivity index (χ3v) is 7.03. The van der Waals surface area contributed by atoms with Crippen molar-refractivity contribution >= 4 is 56.2 Å². The molecule has 6 nitrogen and oxygen atoms in total. The zero-order valence-electron chi connectivity index (χ0n) is 14.7. The maximum absolute atomic E-state index is 13.1. The highest BCUT2D eigenvalue weighted by atomic mass is 35.5. The van der Waals surface area contributed by atoms with Gasteiger partial charge in [0.2, 0.25) is 9.84 Å². The molecule has 0 spiro atoms. The lowest BCUT2D eigenvalue weighted by atomic mass is 10.3. The lowest BCUT2D eigenvalue weighted by molar-refractivity contribution is 0.263. The Hall–Kier alpha value is -0.930. The molecule has 0 amide bonds. The summed E-state index contributed by atoms with van der Waals surface area (Å²) < 4.78 is 47.3. The van der Waals surface area contributed by atoms with Gasteiger partial charge >= 0.3 is 0 Å². The van der Waals surface area contributed by atoms with E-state index in [0.29, 0.717) is 13.2 Å². The summed E-state index contributed by atoms with van der Waals surface area (Å²) in [6.07, 6.45) is 0.00377. The molecule has 2 fully saturated rings. The van der Waals surface area contributed by atoms with Crippen LogP contribution in [0.3, 0.4) is 0 Å². The first-order chi connectivity index (χ1) is 13.8. The monoisotopic (exact) mass is 498 g/mol. The van der Waals surface area contributed by atoms with Gasteiger partial charge in [0.15, 0.2) is 11.5 Å². The van der Waals surface area contributed by atoms with Crippen LogP contribution in [-0.4, -0.2) is 47.1 Å². The number of halogens is 4. The van der Waals surface area contributed by atoms with E-state index >= 15 is 0 Å². The minimum atomic E-state index is -4.00. The van der Waals surface area contributed by atoms with Crippen molar-refractivity contribution in [3.63, 3.8) is 0 Å². The fourth-order valence-corrected chi connectivity index (χ4v) is 5.29. The van der Waals surface area contributed by atoms with Crippen LogP contribution in [-0.2, 0) is 19.3 Å². The number of rotatable bonds is 8. The molecule has 2 aromatic rings. The highest BCUT2D eigenvalue weighted by Crippen LogP contribution is 2.40. The van der Waals surface area contributed by atoms with Gasteiger partial charge in [-0.25, -0.2) is 8.42 Å². The van der Waals surface area contributed by atoms with Gasteiger partial charge in [0.25, 0.3) is 0 Å². The summed E-state index contributed by atoms with van der Waals surface area (Å²) >= 11 is 24.8. The van der Waals surface area contributed by atoms with Crippen molar-refractivity contribution in [1.29, 1.82) is 0 Å². The summed E-state index contributed by atoms with van der Waals surface area (Å²) in [5, 5.41) is 0.272. The molecule has 2 atom stereocenters. The molecule has 2 aliphatic rings. The van der Waals surface area contributed by atoms with Gasteiger partial charge in [0, 0.05) is 0 Å². The second-order valence-corrected chi connectivity index (χ2v) is 10.0. The van der Waals surface area contributed by atoms with Crippen LogP contribution in [0.2, 0.25) is 20.1 Å². The third kappa shape index (κ3) is 4.88. The summed E-state index contributed by atoms with van der Waals surface area (Å²) in [4.78, 5) is -0.232. The van der Waals surface area contributed by atoms with Crippen LogP contribution in [0.4, 0.5) is 0 Å². The second kappa shape index (κ2) is 8.30. The largest absolute Gasteiger partial charge is 0.488 e. The molecule has 2 heterocycles. The Bertz CT molecular complexity index is 927. The fraction of sp³-hybridized carbons (Fsp3) is 0.333. The molecular formula is C18H14Cl4O6S. The van der Waals surface area contributed by atoms with E-state index in [4.69, 9.17) is 65.4 Å². The molecule has 0 aliphatic carbocycles. The average molecular weight is 500 g/mol. The van der Waals surface area contributed by atoms with E-state index in [-0.39, 0.29) is 66.8 Å². The minimum Gasteiger partial charge on any atom is -0.488 e. The third-order valence-electron chi connectivity index (χ3n) is 4.20. The molecular weight excluding hydrogens is 486 g/mol. The molecule has 2 aromatic carbocycles. The first-order valence-corrected chi connectivity index (χ1v) is 11.5. The van der Waals surface area contributed by atoms with Crippen molar-refractivity contribution in [3.05, 3.63) is 44.4 Å². The standard InChI is InChI=1S/C18H14Cl4O6S/c19-13-1-11(2-14(20)17(13)27-7-9-5-25-9)29(23,24)12-3-15(21)18(16(22)4-12)28-8-10-6-26-10/h1-4,9-10H,5-8H2. The highest BCUT2D eigenvalue weighted by molar-refractivity contribution is 7.91. The van der Waals surface area contributed by atoms with Crippen molar-refractivity contribution in [2.24, 2.45) is 0 Å².